The fourth-order valence-corrected chi connectivity index (χ4v) is 5.05. The number of fused-ring (bicyclic) bond motifs is 1. The van der Waals surface area contributed by atoms with Gasteiger partial charge in [-0.1, -0.05) is 32.9 Å². The van der Waals surface area contributed by atoms with Gasteiger partial charge in [0.1, 0.15) is 22.8 Å². The Morgan fingerprint density at radius 1 is 0.810 bits per heavy atom. The largest absolute Gasteiger partial charge is 0.494 e. The summed E-state index contributed by atoms with van der Waals surface area (Å²) in [5.74, 6) is 3.73. The summed E-state index contributed by atoms with van der Waals surface area (Å²) < 4.78 is 18.2. The van der Waals surface area contributed by atoms with Crippen LogP contribution < -0.4 is 14.4 Å². The van der Waals surface area contributed by atoms with Crippen LogP contribution in [0.15, 0.2) is 89.6 Å². The zero-order chi connectivity index (χ0) is 28.9. The maximum atomic E-state index is 6.09. The first-order valence-corrected chi connectivity index (χ1v) is 14.6. The molecule has 216 valence electrons. The number of ether oxygens (including phenoxy) is 2. The number of rotatable bonds is 9. The summed E-state index contributed by atoms with van der Waals surface area (Å²) in [4.78, 5) is 18.1. The molecule has 0 spiro atoms. The molecular formula is C34H37N5O3. The Morgan fingerprint density at radius 2 is 1.50 bits per heavy atom. The maximum absolute atomic E-state index is 6.09. The second-order valence-electron chi connectivity index (χ2n) is 11.6. The van der Waals surface area contributed by atoms with Gasteiger partial charge in [-0.2, -0.15) is 0 Å². The Hall–Kier alpha value is -4.43. The van der Waals surface area contributed by atoms with Gasteiger partial charge >= 0.3 is 0 Å². The molecule has 0 atom stereocenters. The van der Waals surface area contributed by atoms with Gasteiger partial charge in [0.2, 0.25) is 11.8 Å². The van der Waals surface area contributed by atoms with Crippen molar-refractivity contribution in [3.63, 3.8) is 0 Å². The van der Waals surface area contributed by atoms with Crippen LogP contribution in [-0.2, 0) is 5.41 Å². The smallest absolute Gasteiger partial charge is 0.227 e. The molecule has 8 heteroatoms. The van der Waals surface area contributed by atoms with E-state index in [0.29, 0.717) is 23.8 Å². The van der Waals surface area contributed by atoms with Gasteiger partial charge < -0.3 is 18.8 Å². The molecular weight excluding hydrogens is 526 g/mol. The molecule has 0 radical (unpaired) electrons. The molecule has 3 heterocycles. The molecule has 1 aliphatic rings. The Balaban J connectivity index is 0.983. The van der Waals surface area contributed by atoms with Gasteiger partial charge in [0, 0.05) is 56.7 Å². The normalized spacial score (nSPS) is 14.3. The fourth-order valence-electron chi connectivity index (χ4n) is 5.05. The van der Waals surface area contributed by atoms with E-state index in [0.717, 1.165) is 67.7 Å². The summed E-state index contributed by atoms with van der Waals surface area (Å²) in [6.07, 6.45) is 4.57. The van der Waals surface area contributed by atoms with E-state index >= 15 is 0 Å². The molecule has 0 amide bonds. The SMILES string of the molecule is CC(C)(C)c1ccc(Oc2ccc3nc(-c4ccc(OCCCN5CCN(c6ncccn6)CC5)cc4)oc3c2)cc1. The van der Waals surface area contributed by atoms with Crippen molar-refractivity contribution in [3.8, 4) is 28.7 Å². The summed E-state index contributed by atoms with van der Waals surface area (Å²) >= 11 is 0. The molecule has 0 N–H and O–H groups in total. The number of anilines is 1. The first-order chi connectivity index (χ1) is 20.4. The van der Waals surface area contributed by atoms with Crippen LogP contribution in [0, 0.1) is 0 Å². The Morgan fingerprint density at radius 3 is 2.21 bits per heavy atom. The molecule has 0 saturated carbocycles. The maximum Gasteiger partial charge on any atom is 0.227 e. The third kappa shape index (κ3) is 6.71. The number of aromatic nitrogens is 3. The number of benzene rings is 3. The molecule has 42 heavy (non-hydrogen) atoms. The number of nitrogens with zero attached hydrogens (tertiary/aromatic N) is 5. The third-order valence-corrected chi connectivity index (χ3v) is 7.51. The van der Waals surface area contributed by atoms with Crippen molar-refractivity contribution in [1.82, 2.24) is 19.9 Å². The molecule has 2 aromatic heterocycles. The fraction of sp³-hybridized carbons (Fsp3) is 0.324. The third-order valence-electron chi connectivity index (χ3n) is 7.51. The first-order valence-electron chi connectivity index (χ1n) is 14.6. The number of hydrogen-bond donors (Lipinski definition) is 0. The van der Waals surface area contributed by atoms with Crippen molar-refractivity contribution in [2.75, 3.05) is 44.2 Å². The highest BCUT2D eigenvalue weighted by atomic mass is 16.5. The van der Waals surface area contributed by atoms with Crippen molar-refractivity contribution >= 4 is 17.0 Å². The predicted octanol–water partition coefficient (Wildman–Crippen LogP) is 6.97. The second kappa shape index (κ2) is 12.2. The van der Waals surface area contributed by atoms with E-state index < -0.39 is 0 Å². The van der Waals surface area contributed by atoms with Crippen LogP contribution in [0.4, 0.5) is 5.95 Å². The van der Waals surface area contributed by atoms with Crippen LogP contribution in [0.5, 0.6) is 17.2 Å². The van der Waals surface area contributed by atoms with E-state index in [9.17, 15) is 0 Å². The molecule has 6 rings (SSSR count). The molecule has 0 unspecified atom stereocenters. The molecule has 5 aromatic rings. The molecule has 1 saturated heterocycles. The monoisotopic (exact) mass is 563 g/mol. The Bertz CT molecular complexity index is 1590. The lowest BCUT2D eigenvalue weighted by Gasteiger charge is -2.34. The van der Waals surface area contributed by atoms with Crippen molar-refractivity contribution in [2.24, 2.45) is 0 Å². The Labute approximate surface area is 246 Å². The van der Waals surface area contributed by atoms with Crippen LogP contribution in [0.2, 0.25) is 0 Å². The average Bonchev–Trinajstić information content (AvgIpc) is 3.44. The van der Waals surface area contributed by atoms with Crippen molar-refractivity contribution in [3.05, 3.63) is 90.8 Å². The highest BCUT2D eigenvalue weighted by Crippen LogP contribution is 2.31. The lowest BCUT2D eigenvalue weighted by molar-refractivity contribution is 0.224. The molecule has 1 aliphatic heterocycles. The molecule has 3 aromatic carbocycles. The van der Waals surface area contributed by atoms with Gasteiger partial charge in [-0.25, -0.2) is 15.0 Å². The summed E-state index contributed by atoms with van der Waals surface area (Å²) in [6, 6.07) is 23.7. The van der Waals surface area contributed by atoms with E-state index in [1.54, 1.807) is 12.4 Å². The topological polar surface area (TPSA) is 76.8 Å². The minimum Gasteiger partial charge on any atom is -0.494 e. The van der Waals surface area contributed by atoms with Crippen LogP contribution in [0.3, 0.4) is 0 Å². The first kappa shape index (κ1) is 27.7. The molecule has 8 nitrogen and oxygen atoms in total. The zero-order valence-electron chi connectivity index (χ0n) is 24.5. The van der Waals surface area contributed by atoms with Crippen molar-refractivity contribution < 1.29 is 13.9 Å². The minimum atomic E-state index is 0.105. The minimum absolute atomic E-state index is 0.105. The van der Waals surface area contributed by atoms with Crippen LogP contribution in [0.1, 0.15) is 32.8 Å². The number of piperazine rings is 1. The van der Waals surface area contributed by atoms with E-state index in [1.165, 1.54) is 5.56 Å². The predicted molar refractivity (Wildman–Crippen MR) is 165 cm³/mol. The highest BCUT2D eigenvalue weighted by Gasteiger charge is 2.18. The van der Waals surface area contributed by atoms with Crippen LogP contribution in [0.25, 0.3) is 22.6 Å². The molecule has 1 fully saturated rings. The second-order valence-corrected chi connectivity index (χ2v) is 11.6. The summed E-state index contributed by atoms with van der Waals surface area (Å²) in [5, 5.41) is 0. The van der Waals surface area contributed by atoms with Gasteiger partial charge in [0.05, 0.1) is 6.61 Å². The zero-order valence-corrected chi connectivity index (χ0v) is 24.5. The number of hydrogen-bond acceptors (Lipinski definition) is 8. The van der Waals surface area contributed by atoms with Crippen LogP contribution in [-0.4, -0.2) is 59.2 Å². The van der Waals surface area contributed by atoms with Crippen molar-refractivity contribution in [2.45, 2.75) is 32.6 Å². The van der Waals surface area contributed by atoms with E-state index in [1.807, 2.05) is 60.7 Å². The van der Waals surface area contributed by atoms with Gasteiger partial charge in [0.15, 0.2) is 5.58 Å². The van der Waals surface area contributed by atoms with E-state index in [-0.39, 0.29) is 5.41 Å². The summed E-state index contributed by atoms with van der Waals surface area (Å²) in [7, 11) is 0. The summed E-state index contributed by atoms with van der Waals surface area (Å²) in [5.41, 5.74) is 3.75. The summed E-state index contributed by atoms with van der Waals surface area (Å²) in [6.45, 7) is 12.2. The van der Waals surface area contributed by atoms with Crippen molar-refractivity contribution in [1.29, 1.82) is 0 Å². The number of oxazole rings is 1. The van der Waals surface area contributed by atoms with E-state index in [2.05, 4.69) is 57.7 Å². The lowest BCUT2D eigenvalue weighted by Crippen LogP contribution is -2.47. The average molecular weight is 564 g/mol. The van der Waals surface area contributed by atoms with Gasteiger partial charge in [-0.05, 0) is 72.0 Å². The quantitative estimate of drug-likeness (QED) is 0.178. The Kier molecular flexibility index (Phi) is 8.06. The van der Waals surface area contributed by atoms with E-state index in [4.69, 9.17) is 13.9 Å². The van der Waals surface area contributed by atoms with Gasteiger partial charge in [-0.3, -0.25) is 4.90 Å². The lowest BCUT2D eigenvalue weighted by atomic mass is 9.87. The molecule has 0 aliphatic carbocycles. The molecule has 0 bridgehead atoms. The standard InChI is InChI=1S/C34H37N5O3/c1-34(2,3)26-8-12-28(13-9-26)41-29-14-15-30-31(24-29)42-32(37-30)25-6-10-27(11-7-25)40-23-5-18-38-19-21-39(22-20-38)33-35-16-4-17-36-33/h4,6-17,24H,5,18-23H2,1-3H3. The van der Waals surface area contributed by atoms with Gasteiger partial charge in [0.25, 0.3) is 0 Å². The van der Waals surface area contributed by atoms with Crippen LogP contribution >= 0.6 is 0 Å². The van der Waals surface area contributed by atoms with Gasteiger partial charge in [-0.15, -0.1) is 0 Å². The highest BCUT2D eigenvalue weighted by molar-refractivity contribution is 5.77.